The predicted octanol–water partition coefficient (Wildman–Crippen LogP) is 0.524. The summed E-state index contributed by atoms with van der Waals surface area (Å²) < 4.78 is 0. The molecule has 0 aliphatic heterocycles. The van der Waals surface area contributed by atoms with Crippen LogP contribution in [0.1, 0.15) is 5.56 Å². The lowest BCUT2D eigenvalue weighted by molar-refractivity contribution is -0.131. The Hall–Kier alpha value is -1.85. The molecule has 2 rings (SSSR count). The zero-order chi connectivity index (χ0) is 13.7. The molecule has 3 N–H and O–H groups in total. The van der Waals surface area contributed by atoms with Crippen molar-refractivity contribution in [3.05, 3.63) is 36.0 Å². The second-order valence-corrected chi connectivity index (χ2v) is 4.40. The Morgan fingerprint density at radius 1 is 1.16 bits per heavy atom. The van der Waals surface area contributed by atoms with E-state index in [-0.39, 0.29) is 38.6 Å². The number of benzene rings is 1. The molecule has 2 aromatic rings. The highest BCUT2D eigenvalue weighted by Gasteiger charge is 2.13. The summed E-state index contributed by atoms with van der Waals surface area (Å²) in [6.45, 7) is 0.322. The number of amides is 1. The second-order valence-electron chi connectivity index (χ2n) is 4.40. The first-order valence-electron chi connectivity index (χ1n) is 6.30. The third kappa shape index (κ3) is 3.33. The fourth-order valence-corrected chi connectivity index (χ4v) is 2.10. The minimum atomic E-state index is -0.0947. The summed E-state index contributed by atoms with van der Waals surface area (Å²) in [7, 11) is 0. The molecule has 0 aliphatic carbocycles. The van der Waals surface area contributed by atoms with Crippen LogP contribution in [0.4, 0.5) is 0 Å². The Balaban J connectivity index is 2.07. The van der Waals surface area contributed by atoms with Crippen molar-refractivity contribution < 1.29 is 15.0 Å². The summed E-state index contributed by atoms with van der Waals surface area (Å²) in [4.78, 5) is 16.6. The third-order valence-electron chi connectivity index (χ3n) is 3.07. The zero-order valence-corrected chi connectivity index (χ0v) is 10.7. The Morgan fingerprint density at radius 2 is 1.89 bits per heavy atom. The van der Waals surface area contributed by atoms with Crippen LogP contribution in [0.15, 0.2) is 30.5 Å². The molecule has 0 saturated carbocycles. The molecule has 102 valence electrons. The number of hydrogen-bond acceptors (Lipinski definition) is 3. The van der Waals surface area contributed by atoms with Crippen molar-refractivity contribution in [3.8, 4) is 0 Å². The number of carbonyl (C=O) groups excluding carboxylic acids is 1. The summed E-state index contributed by atoms with van der Waals surface area (Å²) in [5, 5.41) is 18.9. The van der Waals surface area contributed by atoms with Crippen LogP contribution >= 0.6 is 0 Å². The summed E-state index contributed by atoms with van der Waals surface area (Å²) in [5.74, 6) is -0.0852. The molecule has 5 nitrogen and oxygen atoms in total. The first-order chi connectivity index (χ1) is 9.24. The maximum Gasteiger partial charge on any atom is 0.227 e. The van der Waals surface area contributed by atoms with Gasteiger partial charge in [-0.05, 0) is 29.1 Å². The Kier molecular flexibility index (Phi) is 4.54. The number of aliphatic hydroxyl groups is 2. The quantitative estimate of drug-likeness (QED) is 0.710. The normalized spacial score (nSPS) is 10.8. The second kappa shape index (κ2) is 6.36. The van der Waals surface area contributed by atoms with Gasteiger partial charge >= 0.3 is 0 Å². The number of aliphatic hydroxyl groups excluding tert-OH is 2. The topological polar surface area (TPSA) is 76.6 Å². The Labute approximate surface area is 111 Å². The highest BCUT2D eigenvalue weighted by atomic mass is 16.3. The monoisotopic (exact) mass is 262 g/mol. The fraction of sp³-hybridized carbons (Fsp3) is 0.357. The number of aromatic amines is 1. The minimum Gasteiger partial charge on any atom is -0.395 e. The van der Waals surface area contributed by atoms with Gasteiger partial charge in [-0.3, -0.25) is 4.79 Å². The molecule has 0 spiro atoms. The fourth-order valence-electron chi connectivity index (χ4n) is 2.10. The molecule has 1 amide bonds. The number of aromatic nitrogens is 1. The molecule has 0 bridgehead atoms. The lowest BCUT2D eigenvalue weighted by Crippen LogP contribution is -2.36. The van der Waals surface area contributed by atoms with Gasteiger partial charge in [0.1, 0.15) is 0 Å². The van der Waals surface area contributed by atoms with Crippen molar-refractivity contribution in [2.45, 2.75) is 6.42 Å². The van der Waals surface area contributed by atoms with E-state index in [0.29, 0.717) is 0 Å². The average molecular weight is 262 g/mol. The Bertz CT molecular complexity index is 544. The number of hydrogen-bond donors (Lipinski definition) is 3. The van der Waals surface area contributed by atoms with Crippen molar-refractivity contribution in [1.29, 1.82) is 0 Å². The van der Waals surface area contributed by atoms with Crippen LogP contribution in [0.3, 0.4) is 0 Å². The average Bonchev–Trinajstić information content (AvgIpc) is 2.86. The number of fused-ring (bicyclic) bond motifs is 1. The third-order valence-corrected chi connectivity index (χ3v) is 3.07. The van der Waals surface area contributed by atoms with Crippen LogP contribution in [-0.4, -0.2) is 52.3 Å². The van der Waals surface area contributed by atoms with Crippen LogP contribution in [0, 0.1) is 0 Å². The maximum atomic E-state index is 12.1. The molecule has 5 heteroatoms. The van der Waals surface area contributed by atoms with Gasteiger partial charge in [-0.1, -0.05) is 6.07 Å². The molecule has 1 heterocycles. The highest BCUT2D eigenvalue weighted by Crippen LogP contribution is 2.15. The van der Waals surface area contributed by atoms with Gasteiger partial charge in [-0.15, -0.1) is 0 Å². The van der Waals surface area contributed by atoms with Gasteiger partial charge in [0.25, 0.3) is 0 Å². The van der Waals surface area contributed by atoms with Crippen molar-refractivity contribution >= 4 is 16.8 Å². The van der Waals surface area contributed by atoms with Crippen LogP contribution < -0.4 is 0 Å². The van der Waals surface area contributed by atoms with Crippen molar-refractivity contribution in [2.24, 2.45) is 0 Å². The van der Waals surface area contributed by atoms with E-state index in [1.165, 1.54) is 4.90 Å². The standard InChI is InChI=1S/C14H18N2O3/c17-7-5-16(6-8-18)14(19)10-11-1-2-13-12(9-11)3-4-15-13/h1-4,9,15,17-18H,5-8,10H2. The molecule has 0 atom stereocenters. The van der Waals surface area contributed by atoms with E-state index in [1.54, 1.807) is 0 Å². The molecule has 0 aliphatic rings. The van der Waals surface area contributed by atoms with Crippen LogP contribution in [0.5, 0.6) is 0 Å². The maximum absolute atomic E-state index is 12.1. The van der Waals surface area contributed by atoms with E-state index < -0.39 is 0 Å². The predicted molar refractivity (Wildman–Crippen MR) is 72.8 cm³/mol. The molecule has 19 heavy (non-hydrogen) atoms. The van der Waals surface area contributed by atoms with E-state index in [2.05, 4.69) is 4.98 Å². The van der Waals surface area contributed by atoms with Gasteiger partial charge in [0.15, 0.2) is 0 Å². The number of nitrogens with zero attached hydrogens (tertiary/aromatic N) is 1. The molecular weight excluding hydrogens is 244 g/mol. The first-order valence-corrected chi connectivity index (χ1v) is 6.30. The van der Waals surface area contributed by atoms with Crippen LogP contribution in [-0.2, 0) is 11.2 Å². The SMILES string of the molecule is O=C(Cc1ccc2[nH]ccc2c1)N(CCO)CCO. The van der Waals surface area contributed by atoms with Gasteiger partial charge in [0, 0.05) is 24.8 Å². The van der Waals surface area contributed by atoms with Gasteiger partial charge in [-0.25, -0.2) is 0 Å². The van der Waals surface area contributed by atoms with Crippen LogP contribution in [0.2, 0.25) is 0 Å². The van der Waals surface area contributed by atoms with E-state index in [9.17, 15) is 4.79 Å². The van der Waals surface area contributed by atoms with Crippen molar-refractivity contribution in [3.63, 3.8) is 0 Å². The lowest BCUT2D eigenvalue weighted by atomic mass is 10.1. The number of rotatable bonds is 6. The van der Waals surface area contributed by atoms with Gasteiger partial charge < -0.3 is 20.1 Å². The van der Waals surface area contributed by atoms with Crippen molar-refractivity contribution in [1.82, 2.24) is 9.88 Å². The minimum absolute atomic E-state index is 0.0852. The highest BCUT2D eigenvalue weighted by molar-refractivity contribution is 5.83. The van der Waals surface area contributed by atoms with Crippen LogP contribution in [0.25, 0.3) is 10.9 Å². The van der Waals surface area contributed by atoms with Crippen molar-refractivity contribution in [2.75, 3.05) is 26.3 Å². The number of H-pyrrole nitrogens is 1. The van der Waals surface area contributed by atoms with Gasteiger partial charge in [0.05, 0.1) is 19.6 Å². The zero-order valence-electron chi connectivity index (χ0n) is 10.7. The Morgan fingerprint density at radius 3 is 2.58 bits per heavy atom. The molecule has 0 saturated heterocycles. The molecule has 0 unspecified atom stereocenters. The lowest BCUT2D eigenvalue weighted by Gasteiger charge is -2.20. The molecule has 0 radical (unpaired) electrons. The first kappa shape index (κ1) is 13.6. The molecule has 1 aromatic heterocycles. The van der Waals surface area contributed by atoms with E-state index in [1.807, 2.05) is 30.5 Å². The smallest absolute Gasteiger partial charge is 0.227 e. The van der Waals surface area contributed by atoms with Gasteiger partial charge in [-0.2, -0.15) is 0 Å². The number of carbonyl (C=O) groups is 1. The summed E-state index contributed by atoms with van der Waals surface area (Å²) in [6.07, 6.45) is 2.14. The summed E-state index contributed by atoms with van der Waals surface area (Å²) >= 11 is 0. The molecule has 1 aromatic carbocycles. The molecular formula is C14H18N2O3. The van der Waals surface area contributed by atoms with E-state index in [4.69, 9.17) is 10.2 Å². The van der Waals surface area contributed by atoms with E-state index in [0.717, 1.165) is 16.5 Å². The van der Waals surface area contributed by atoms with Gasteiger partial charge in [0.2, 0.25) is 5.91 Å². The summed E-state index contributed by atoms with van der Waals surface area (Å²) in [6, 6.07) is 7.79. The largest absolute Gasteiger partial charge is 0.395 e. The summed E-state index contributed by atoms with van der Waals surface area (Å²) in [5.41, 5.74) is 1.97. The molecule has 0 fully saturated rings. The van der Waals surface area contributed by atoms with E-state index >= 15 is 0 Å². The number of nitrogens with one attached hydrogen (secondary N) is 1.